The van der Waals surface area contributed by atoms with Crippen molar-refractivity contribution in [2.75, 3.05) is 5.32 Å². The average Bonchev–Trinajstić information content (AvgIpc) is 2.95. The van der Waals surface area contributed by atoms with Gasteiger partial charge in [-0.1, -0.05) is 0 Å². The van der Waals surface area contributed by atoms with E-state index < -0.39 is 0 Å². The Bertz CT molecular complexity index is 681. The molecule has 0 radical (unpaired) electrons. The molecule has 6 heteroatoms. The lowest BCUT2D eigenvalue weighted by molar-refractivity contribution is 0.660. The van der Waals surface area contributed by atoms with E-state index in [0.29, 0.717) is 5.95 Å². The van der Waals surface area contributed by atoms with E-state index >= 15 is 0 Å². The SMILES string of the molecule is CCn1cc(Nc2nc3cc(C)ccn3n2)cn1. The zero-order valence-corrected chi connectivity index (χ0v) is 10.3. The molecule has 3 rings (SSSR count). The third kappa shape index (κ3) is 1.92. The van der Waals surface area contributed by atoms with Crippen LogP contribution in [0.4, 0.5) is 11.6 Å². The van der Waals surface area contributed by atoms with E-state index in [-0.39, 0.29) is 0 Å². The molecule has 0 fully saturated rings. The number of aromatic nitrogens is 5. The van der Waals surface area contributed by atoms with Crippen LogP contribution in [-0.4, -0.2) is 24.4 Å². The van der Waals surface area contributed by atoms with Crippen LogP contribution in [0.5, 0.6) is 0 Å². The molecule has 92 valence electrons. The summed E-state index contributed by atoms with van der Waals surface area (Å²) < 4.78 is 3.60. The summed E-state index contributed by atoms with van der Waals surface area (Å²) in [4.78, 5) is 4.41. The molecule has 0 aliphatic rings. The lowest BCUT2D eigenvalue weighted by Crippen LogP contribution is -1.93. The quantitative estimate of drug-likeness (QED) is 0.763. The van der Waals surface area contributed by atoms with Crippen molar-refractivity contribution in [2.24, 2.45) is 0 Å². The van der Waals surface area contributed by atoms with Gasteiger partial charge in [0.25, 0.3) is 0 Å². The molecule has 0 amide bonds. The highest BCUT2D eigenvalue weighted by atomic mass is 15.4. The maximum atomic E-state index is 4.41. The van der Waals surface area contributed by atoms with Crippen LogP contribution < -0.4 is 5.32 Å². The molecule has 0 aromatic carbocycles. The lowest BCUT2D eigenvalue weighted by Gasteiger charge is -1.94. The second kappa shape index (κ2) is 4.14. The molecule has 18 heavy (non-hydrogen) atoms. The zero-order valence-electron chi connectivity index (χ0n) is 10.3. The summed E-state index contributed by atoms with van der Waals surface area (Å²) in [6, 6.07) is 3.99. The highest BCUT2D eigenvalue weighted by molar-refractivity contribution is 5.54. The predicted octanol–water partition coefficient (Wildman–Crippen LogP) is 2.00. The van der Waals surface area contributed by atoms with Crippen LogP contribution in [-0.2, 0) is 6.54 Å². The number of nitrogens with zero attached hydrogens (tertiary/aromatic N) is 5. The Balaban J connectivity index is 1.90. The Kier molecular flexibility index (Phi) is 2.47. The van der Waals surface area contributed by atoms with Crippen LogP contribution in [0.15, 0.2) is 30.7 Å². The predicted molar refractivity (Wildman–Crippen MR) is 68.9 cm³/mol. The fourth-order valence-electron chi connectivity index (χ4n) is 1.77. The van der Waals surface area contributed by atoms with Gasteiger partial charge >= 0.3 is 0 Å². The lowest BCUT2D eigenvalue weighted by atomic mass is 10.3. The molecule has 0 unspecified atom stereocenters. The molecule has 3 aromatic rings. The van der Waals surface area contributed by atoms with Crippen LogP contribution in [0.2, 0.25) is 0 Å². The van der Waals surface area contributed by atoms with Gasteiger partial charge in [-0.25, -0.2) is 4.52 Å². The summed E-state index contributed by atoms with van der Waals surface area (Å²) in [5, 5.41) is 11.7. The zero-order chi connectivity index (χ0) is 12.5. The van der Waals surface area contributed by atoms with Crippen molar-refractivity contribution < 1.29 is 0 Å². The van der Waals surface area contributed by atoms with Crippen molar-refractivity contribution in [3.63, 3.8) is 0 Å². The van der Waals surface area contributed by atoms with Crippen LogP contribution >= 0.6 is 0 Å². The Morgan fingerprint density at radius 2 is 2.28 bits per heavy atom. The van der Waals surface area contributed by atoms with E-state index in [9.17, 15) is 0 Å². The van der Waals surface area contributed by atoms with E-state index in [2.05, 4.69) is 20.5 Å². The molecule has 6 nitrogen and oxygen atoms in total. The summed E-state index contributed by atoms with van der Waals surface area (Å²) >= 11 is 0. The van der Waals surface area contributed by atoms with E-state index in [1.807, 2.05) is 43.1 Å². The minimum Gasteiger partial charge on any atom is -0.320 e. The third-order valence-corrected chi connectivity index (χ3v) is 2.71. The molecule has 0 bridgehead atoms. The van der Waals surface area contributed by atoms with E-state index in [4.69, 9.17) is 0 Å². The highest BCUT2D eigenvalue weighted by Gasteiger charge is 2.05. The average molecular weight is 242 g/mol. The van der Waals surface area contributed by atoms with Gasteiger partial charge in [0.05, 0.1) is 11.9 Å². The first-order valence-electron chi connectivity index (χ1n) is 5.87. The van der Waals surface area contributed by atoms with Crippen molar-refractivity contribution in [2.45, 2.75) is 20.4 Å². The first-order chi connectivity index (χ1) is 8.74. The molecule has 3 heterocycles. The molecule has 0 saturated heterocycles. The van der Waals surface area contributed by atoms with Crippen LogP contribution in [0.1, 0.15) is 12.5 Å². The number of pyridine rings is 1. The van der Waals surface area contributed by atoms with Gasteiger partial charge in [0.1, 0.15) is 0 Å². The minimum absolute atomic E-state index is 0.580. The maximum absolute atomic E-state index is 4.41. The molecular weight excluding hydrogens is 228 g/mol. The van der Waals surface area contributed by atoms with Crippen LogP contribution in [0.25, 0.3) is 5.65 Å². The molecule has 0 aliphatic heterocycles. The van der Waals surface area contributed by atoms with Gasteiger partial charge in [-0.3, -0.25) is 4.68 Å². The molecule has 0 aliphatic carbocycles. The summed E-state index contributed by atoms with van der Waals surface area (Å²) in [5.41, 5.74) is 2.89. The van der Waals surface area contributed by atoms with Gasteiger partial charge in [-0.2, -0.15) is 10.1 Å². The summed E-state index contributed by atoms with van der Waals surface area (Å²) in [6.45, 7) is 4.93. The van der Waals surface area contributed by atoms with Crippen LogP contribution in [0, 0.1) is 6.92 Å². The number of aryl methyl sites for hydroxylation is 2. The number of nitrogens with one attached hydrogen (secondary N) is 1. The van der Waals surface area contributed by atoms with Crippen molar-refractivity contribution in [3.05, 3.63) is 36.3 Å². The van der Waals surface area contributed by atoms with Crippen molar-refractivity contribution in [1.29, 1.82) is 0 Å². The third-order valence-electron chi connectivity index (χ3n) is 2.71. The first kappa shape index (κ1) is 10.8. The minimum atomic E-state index is 0.580. The van der Waals surface area contributed by atoms with Gasteiger partial charge in [0.15, 0.2) is 5.65 Å². The second-order valence-corrected chi connectivity index (χ2v) is 4.15. The highest BCUT2D eigenvalue weighted by Crippen LogP contribution is 2.13. The van der Waals surface area contributed by atoms with E-state index in [0.717, 1.165) is 17.9 Å². The fraction of sp³-hybridized carbons (Fsp3) is 0.250. The van der Waals surface area contributed by atoms with Crippen molar-refractivity contribution in [1.82, 2.24) is 24.4 Å². The normalized spacial score (nSPS) is 11.0. The van der Waals surface area contributed by atoms with Crippen molar-refractivity contribution >= 4 is 17.3 Å². The fourth-order valence-corrected chi connectivity index (χ4v) is 1.77. The molecule has 0 atom stereocenters. The molecular formula is C12H14N6. The molecule has 3 aromatic heterocycles. The number of fused-ring (bicyclic) bond motifs is 1. The molecule has 0 saturated carbocycles. The van der Waals surface area contributed by atoms with Gasteiger partial charge < -0.3 is 5.32 Å². The number of hydrogen-bond acceptors (Lipinski definition) is 4. The van der Waals surface area contributed by atoms with E-state index in [1.54, 1.807) is 10.7 Å². The number of hydrogen-bond donors (Lipinski definition) is 1. The Morgan fingerprint density at radius 1 is 1.39 bits per heavy atom. The Morgan fingerprint density at radius 3 is 3.06 bits per heavy atom. The molecule has 0 spiro atoms. The monoisotopic (exact) mass is 242 g/mol. The molecule has 1 N–H and O–H groups in total. The largest absolute Gasteiger partial charge is 0.320 e. The summed E-state index contributed by atoms with van der Waals surface area (Å²) in [6.07, 6.45) is 5.59. The van der Waals surface area contributed by atoms with Gasteiger partial charge in [0, 0.05) is 18.9 Å². The standard InChI is InChI=1S/C12H14N6/c1-3-17-8-10(7-13-17)14-12-15-11-6-9(2)4-5-18(11)16-12/h4-8H,3H2,1-2H3,(H,14,16). The summed E-state index contributed by atoms with van der Waals surface area (Å²) in [5.74, 6) is 0.580. The van der Waals surface area contributed by atoms with Crippen LogP contribution in [0.3, 0.4) is 0 Å². The first-order valence-corrected chi connectivity index (χ1v) is 5.87. The van der Waals surface area contributed by atoms with E-state index in [1.165, 1.54) is 5.56 Å². The Hall–Kier alpha value is -2.37. The van der Waals surface area contributed by atoms with Gasteiger partial charge in [-0.05, 0) is 31.5 Å². The number of rotatable bonds is 3. The number of anilines is 2. The topological polar surface area (TPSA) is 60.0 Å². The summed E-state index contributed by atoms with van der Waals surface area (Å²) in [7, 11) is 0. The Labute approximate surface area is 104 Å². The van der Waals surface area contributed by atoms with Gasteiger partial charge in [-0.15, -0.1) is 5.10 Å². The second-order valence-electron chi connectivity index (χ2n) is 4.15. The van der Waals surface area contributed by atoms with Crippen molar-refractivity contribution in [3.8, 4) is 0 Å². The van der Waals surface area contributed by atoms with Gasteiger partial charge in [0.2, 0.25) is 5.95 Å². The maximum Gasteiger partial charge on any atom is 0.247 e. The smallest absolute Gasteiger partial charge is 0.247 e.